The second kappa shape index (κ2) is 5.69. The van der Waals surface area contributed by atoms with Gasteiger partial charge in [0.1, 0.15) is 5.60 Å². The Balaban J connectivity index is 2.27. The maximum absolute atomic E-state index is 11.7. The van der Waals surface area contributed by atoms with Crippen LogP contribution in [0.3, 0.4) is 0 Å². The van der Waals surface area contributed by atoms with E-state index in [9.17, 15) is 4.79 Å². The van der Waals surface area contributed by atoms with E-state index in [1.807, 2.05) is 20.8 Å². The van der Waals surface area contributed by atoms with Crippen LogP contribution in [0.4, 0.5) is 4.79 Å². The summed E-state index contributed by atoms with van der Waals surface area (Å²) < 4.78 is 10.6. The highest BCUT2D eigenvalue weighted by Crippen LogP contribution is 2.28. The van der Waals surface area contributed by atoms with Crippen molar-refractivity contribution >= 4 is 6.09 Å². The molecule has 0 aromatic rings. The molecule has 0 atom stereocenters. The van der Waals surface area contributed by atoms with Crippen LogP contribution in [0.15, 0.2) is 0 Å². The smallest absolute Gasteiger partial charge is 0.410 e. The van der Waals surface area contributed by atoms with Crippen LogP contribution in [0.2, 0.25) is 0 Å². The van der Waals surface area contributed by atoms with E-state index in [1.165, 1.54) is 0 Å². The number of nitrogens with zero attached hydrogens (tertiary/aromatic N) is 1. The molecule has 1 saturated carbocycles. The third-order valence-electron chi connectivity index (χ3n) is 2.74. The number of aliphatic hydroxyl groups is 1. The van der Waals surface area contributed by atoms with E-state index >= 15 is 0 Å². The molecule has 1 fully saturated rings. The third-order valence-corrected chi connectivity index (χ3v) is 2.74. The van der Waals surface area contributed by atoms with E-state index in [0.717, 1.165) is 12.8 Å². The van der Waals surface area contributed by atoms with Crippen LogP contribution >= 0.6 is 0 Å². The van der Waals surface area contributed by atoms with Gasteiger partial charge in [0.05, 0.1) is 19.3 Å². The molecule has 0 saturated heterocycles. The summed E-state index contributed by atoms with van der Waals surface area (Å²) in [6.07, 6.45) is 1.51. The molecule has 100 valence electrons. The van der Waals surface area contributed by atoms with Gasteiger partial charge < -0.3 is 19.5 Å². The molecule has 0 aliphatic heterocycles. The molecule has 5 nitrogen and oxygen atoms in total. The summed E-state index contributed by atoms with van der Waals surface area (Å²) in [6, 6.07) is 0.188. The van der Waals surface area contributed by atoms with E-state index < -0.39 is 5.60 Å². The molecule has 0 heterocycles. The molecule has 0 spiro atoms. The van der Waals surface area contributed by atoms with E-state index in [4.69, 9.17) is 14.6 Å². The maximum Gasteiger partial charge on any atom is 0.410 e. The van der Waals surface area contributed by atoms with Crippen LogP contribution in [0, 0.1) is 0 Å². The van der Waals surface area contributed by atoms with E-state index in [2.05, 4.69) is 0 Å². The molecule has 17 heavy (non-hydrogen) atoms. The van der Waals surface area contributed by atoms with Gasteiger partial charge in [-0.15, -0.1) is 0 Å². The zero-order valence-electron chi connectivity index (χ0n) is 11.1. The summed E-state index contributed by atoms with van der Waals surface area (Å²) in [7, 11) is 1.75. The van der Waals surface area contributed by atoms with Gasteiger partial charge in [-0.25, -0.2) is 4.79 Å². The monoisotopic (exact) mass is 245 g/mol. The maximum atomic E-state index is 11.7. The fourth-order valence-electron chi connectivity index (χ4n) is 1.69. The molecule has 0 unspecified atom stereocenters. The molecule has 1 rings (SSSR count). The summed E-state index contributed by atoms with van der Waals surface area (Å²) in [5.74, 6) is 0. The van der Waals surface area contributed by atoms with Crippen LogP contribution in [-0.4, -0.2) is 54.1 Å². The van der Waals surface area contributed by atoms with Crippen molar-refractivity contribution in [1.82, 2.24) is 4.90 Å². The quantitative estimate of drug-likeness (QED) is 0.813. The predicted octanol–water partition coefficient (Wildman–Crippen LogP) is 1.39. The van der Waals surface area contributed by atoms with Gasteiger partial charge in [-0.3, -0.25) is 0 Å². The largest absolute Gasteiger partial charge is 0.444 e. The average Bonchev–Trinajstić information content (AvgIpc) is 2.12. The first-order valence-corrected chi connectivity index (χ1v) is 6.01. The minimum atomic E-state index is -0.456. The Kier molecular flexibility index (Phi) is 4.77. The average molecular weight is 245 g/mol. The van der Waals surface area contributed by atoms with Crippen molar-refractivity contribution in [1.29, 1.82) is 0 Å². The van der Waals surface area contributed by atoms with E-state index in [0.29, 0.717) is 6.61 Å². The molecule has 1 aliphatic rings. The molecule has 0 aromatic heterocycles. The van der Waals surface area contributed by atoms with Crippen molar-refractivity contribution in [3.8, 4) is 0 Å². The van der Waals surface area contributed by atoms with Crippen molar-refractivity contribution < 1.29 is 19.4 Å². The Hall–Kier alpha value is -0.810. The lowest BCUT2D eigenvalue weighted by Gasteiger charge is -2.41. The lowest BCUT2D eigenvalue weighted by molar-refractivity contribution is -0.0588. The molecule has 0 bridgehead atoms. The van der Waals surface area contributed by atoms with E-state index in [-0.39, 0.29) is 24.8 Å². The number of aliphatic hydroxyl groups excluding tert-OH is 1. The molecule has 0 aromatic carbocycles. The van der Waals surface area contributed by atoms with Crippen LogP contribution in [0.1, 0.15) is 33.6 Å². The number of carbonyl (C=O) groups excluding carboxylic acids is 1. The van der Waals surface area contributed by atoms with Crippen LogP contribution in [0.5, 0.6) is 0 Å². The molecule has 5 heteroatoms. The van der Waals surface area contributed by atoms with Crippen molar-refractivity contribution in [2.45, 2.75) is 51.4 Å². The van der Waals surface area contributed by atoms with Gasteiger partial charge in [0.25, 0.3) is 0 Å². The predicted molar refractivity (Wildman–Crippen MR) is 63.8 cm³/mol. The molecule has 1 aliphatic carbocycles. The molecule has 1 N–H and O–H groups in total. The zero-order valence-corrected chi connectivity index (χ0v) is 11.1. The highest BCUT2D eigenvalue weighted by atomic mass is 16.6. The second-order valence-corrected chi connectivity index (χ2v) is 5.43. The van der Waals surface area contributed by atoms with Gasteiger partial charge in [0.15, 0.2) is 0 Å². The van der Waals surface area contributed by atoms with Crippen molar-refractivity contribution in [3.63, 3.8) is 0 Å². The van der Waals surface area contributed by atoms with Gasteiger partial charge in [0.2, 0.25) is 0 Å². The molecule has 0 radical (unpaired) electrons. The van der Waals surface area contributed by atoms with Gasteiger partial charge in [-0.1, -0.05) is 0 Å². The number of amides is 1. The normalized spacial score (nSPS) is 24.1. The van der Waals surface area contributed by atoms with Crippen molar-refractivity contribution in [2.75, 3.05) is 20.3 Å². The Labute approximate surface area is 103 Å². The van der Waals surface area contributed by atoms with Gasteiger partial charge in [0, 0.05) is 13.1 Å². The Morgan fingerprint density at radius 3 is 2.47 bits per heavy atom. The van der Waals surface area contributed by atoms with Crippen LogP contribution in [-0.2, 0) is 9.47 Å². The van der Waals surface area contributed by atoms with Gasteiger partial charge >= 0.3 is 6.09 Å². The number of hydrogen-bond acceptors (Lipinski definition) is 4. The topological polar surface area (TPSA) is 59.0 Å². The number of carbonyl (C=O) groups is 1. The molecular formula is C12H23NO4. The van der Waals surface area contributed by atoms with E-state index in [1.54, 1.807) is 11.9 Å². The minimum absolute atomic E-state index is 0.0447. The number of rotatable bonds is 4. The van der Waals surface area contributed by atoms with Gasteiger partial charge in [-0.2, -0.15) is 0 Å². The van der Waals surface area contributed by atoms with Crippen molar-refractivity contribution in [2.24, 2.45) is 0 Å². The fourth-order valence-corrected chi connectivity index (χ4v) is 1.69. The highest BCUT2D eigenvalue weighted by molar-refractivity contribution is 5.68. The first-order chi connectivity index (χ1) is 7.83. The minimum Gasteiger partial charge on any atom is -0.444 e. The lowest BCUT2D eigenvalue weighted by atomic mass is 9.88. The fraction of sp³-hybridized carbons (Fsp3) is 0.917. The Bertz CT molecular complexity index is 256. The van der Waals surface area contributed by atoms with Gasteiger partial charge in [-0.05, 0) is 33.6 Å². The first kappa shape index (κ1) is 14.3. The summed E-state index contributed by atoms with van der Waals surface area (Å²) in [6.45, 7) is 5.97. The van der Waals surface area contributed by atoms with Crippen LogP contribution in [0.25, 0.3) is 0 Å². The summed E-state index contributed by atoms with van der Waals surface area (Å²) >= 11 is 0. The molecule has 1 amide bonds. The third kappa shape index (κ3) is 4.52. The van der Waals surface area contributed by atoms with Crippen LogP contribution < -0.4 is 0 Å². The zero-order chi connectivity index (χ0) is 13.1. The SMILES string of the molecule is CN(C(=O)OC(C)(C)C)[C@H]1C[C@H](OCCO)C1. The lowest BCUT2D eigenvalue weighted by Crippen LogP contribution is -2.50. The summed E-state index contributed by atoms with van der Waals surface area (Å²) in [5, 5.41) is 8.62. The molecular weight excluding hydrogens is 222 g/mol. The Morgan fingerprint density at radius 1 is 1.41 bits per heavy atom. The second-order valence-electron chi connectivity index (χ2n) is 5.43. The summed E-state index contributed by atoms with van der Waals surface area (Å²) in [5.41, 5.74) is -0.456. The highest BCUT2D eigenvalue weighted by Gasteiger charge is 2.36. The standard InChI is InChI=1S/C12H23NO4/c1-12(2,3)17-11(15)13(4)9-7-10(8-9)16-6-5-14/h9-10,14H,5-8H2,1-4H3/t9-,10-. The number of ether oxygens (including phenoxy) is 2. The Morgan fingerprint density at radius 2 is 2.00 bits per heavy atom. The summed E-state index contributed by atoms with van der Waals surface area (Å²) in [4.78, 5) is 13.4. The first-order valence-electron chi connectivity index (χ1n) is 6.01. The number of hydrogen-bond donors (Lipinski definition) is 1. The van der Waals surface area contributed by atoms with Crippen molar-refractivity contribution in [3.05, 3.63) is 0 Å².